The number of nitrogens with one attached hydrogen (secondary N) is 2. The molecule has 10 heteroatoms. The average Bonchev–Trinajstić information content (AvgIpc) is 3.04. The van der Waals surface area contributed by atoms with Crippen LogP contribution >= 0.6 is 27.3 Å². The number of carbonyl (C=O) groups excluding carboxylic acids is 1. The lowest BCUT2D eigenvalue weighted by atomic mass is 10.1. The topological polar surface area (TPSA) is 101 Å². The van der Waals surface area contributed by atoms with E-state index in [0.717, 1.165) is 21.4 Å². The van der Waals surface area contributed by atoms with Crippen molar-refractivity contribution in [1.29, 1.82) is 0 Å². The van der Waals surface area contributed by atoms with Crippen molar-refractivity contribution in [1.82, 2.24) is 10.2 Å². The van der Waals surface area contributed by atoms with Gasteiger partial charge in [0.25, 0.3) is 20.3 Å². The Morgan fingerprint density at radius 3 is 2.62 bits per heavy atom. The number of anilines is 2. The first kappa shape index (κ1) is 18.5. The fraction of sp³-hybridized carbons (Fsp3) is 0.0625. The van der Waals surface area contributed by atoms with E-state index < -0.39 is 10.0 Å². The first-order chi connectivity index (χ1) is 12.3. The van der Waals surface area contributed by atoms with Gasteiger partial charge in [-0.2, -0.15) is 8.42 Å². The van der Waals surface area contributed by atoms with E-state index in [0.29, 0.717) is 11.3 Å². The van der Waals surface area contributed by atoms with Gasteiger partial charge < -0.3 is 0 Å². The molecule has 26 heavy (non-hydrogen) atoms. The highest BCUT2D eigenvalue weighted by atomic mass is 79.9. The molecule has 1 aromatic heterocycles. The monoisotopic (exact) mass is 452 g/mol. The van der Waals surface area contributed by atoms with Crippen molar-refractivity contribution in [2.45, 2.75) is 11.3 Å². The summed E-state index contributed by atoms with van der Waals surface area (Å²) in [5.41, 5.74) is 1.79. The molecule has 0 bridgehead atoms. The molecular formula is C16H13BrN4O3S2. The first-order valence-corrected chi connectivity index (χ1v) is 10.4. The molecule has 0 saturated carbocycles. The minimum atomic E-state index is -3.89. The Labute approximate surface area is 162 Å². The van der Waals surface area contributed by atoms with Crippen LogP contribution in [0.3, 0.4) is 0 Å². The van der Waals surface area contributed by atoms with Crippen molar-refractivity contribution in [2.24, 2.45) is 0 Å². The van der Waals surface area contributed by atoms with Crippen LogP contribution in [0.15, 0.2) is 57.3 Å². The summed E-state index contributed by atoms with van der Waals surface area (Å²) in [6.07, 6.45) is 0. The second kappa shape index (κ2) is 7.52. The second-order valence-corrected chi connectivity index (χ2v) is 9.06. The zero-order chi connectivity index (χ0) is 18.7. The third-order valence-electron chi connectivity index (χ3n) is 3.21. The number of aromatic nitrogens is 2. The maximum Gasteiger partial charge on any atom is 0.291 e. The Morgan fingerprint density at radius 1 is 1.12 bits per heavy atom. The molecule has 0 aliphatic rings. The van der Waals surface area contributed by atoms with Crippen LogP contribution in [0.5, 0.6) is 0 Å². The van der Waals surface area contributed by atoms with Crippen molar-refractivity contribution in [2.75, 3.05) is 10.0 Å². The van der Waals surface area contributed by atoms with Gasteiger partial charge in [0, 0.05) is 10.0 Å². The lowest BCUT2D eigenvalue weighted by Gasteiger charge is -2.05. The number of hydrogen-bond donors (Lipinski definition) is 2. The van der Waals surface area contributed by atoms with E-state index in [2.05, 4.69) is 36.2 Å². The number of benzene rings is 2. The molecule has 134 valence electrons. The predicted octanol–water partition coefficient (Wildman–Crippen LogP) is 3.66. The van der Waals surface area contributed by atoms with E-state index >= 15 is 0 Å². The molecule has 7 nitrogen and oxygen atoms in total. The van der Waals surface area contributed by atoms with Gasteiger partial charge in [-0.1, -0.05) is 51.0 Å². The van der Waals surface area contributed by atoms with Crippen molar-refractivity contribution < 1.29 is 13.2 Å². The van der Waals surface area contributed by atoms with Gasteiger partial charge in [0.1, 0.15) is 0 Å². The van der Waals surface area contributed by atoms with E-state index in [1.807, 2.05) is 13.0 Å². The molecule has 1 heterocycles. The third-order valence-corrected chi connectivity index (χ3v) is 6.29. The Morgan fingerprint density at radius 2 is 1.88 bits per heavy atom. The molecule has 1 amide bonds. The van der Waals surface area contributed by atoms with E-state index in [9.17, 15) is 13.2 Å². The van der Waals surface area contributed by atoms with Crippen molar-refractivity contribution in [3.8, 4) is 0 Å². The van der Waals surface area contributed by atoms with E-state index in [1.165, 1.54) is 0 Å². The minimum absolute atomic E-state index is 0.103. The van der Waals surface area contributed by atoms with E-state index in [4.69, 9.17) is 0 Å². The van der Waals surface area contributed by atoms with Gasteiger partial charge in [-0.15, -0.1) is 10.2 Å². The quantitative estimate of drug-likeness (QED) is 0.575. The molecule has 0 unspecified atom stereocenters. The van der Waals surface area contributed by atoms with Crippen LogP contribution in [0.4, 0.5) is 10.8 Å². The Kier molecular flexibility index (Phi) is 5.35. The van der Waals surface area contributed by atoms with Gasteiger partial charge in [0.05, 0.1) is 5.69 Å². The maximum absolute atomic E-state index is 12.4. The second-order valence-electron chi connectivity index (χ2n) is 5.31. The zero-order valence-corrected chi connectivity index (χ0v) is 16.7. The summed E-state index contributed by atoms with van der Waals surface area (Å²) in [5.74, 6) is -0.381. The van der Waals surface area contributed by atoms with Crippen LogP contribution in [0, 0.1) is 6.92 Å². The SMILES string of the molecule is Cc1cccc(C(=O)Nc2nnc(S(=O)(=O)Nc3cccc(Br)c3)s2)c1. The highest BCUT2D eigenvalue weighted by molar-refractivity contribution is 9.10. The predicted molar refractivity (Wildman–Crippen MR) is 104 cm³/mol. The van der Waals surface area contributed by atoms with Crippen LogP contribution in [0.25, 0.3) is 0 Å². The molecule has 0 aliphatic carbocycles. The molecule has 0 spiro atoms. The van der Waals surface area contributed by atoms with Crippen molar-refractivity contribution in [3.63, 3.8) is 0 Å². The zero-order valence-electron chi connectivity index (χ0n) is 13.4. The molecular weight excluding hydrogens is 440 g/mol. The minimum Gasteiger partial charge on any atom is -0.296 e. The van der Waals surface area contributed by atoms with Gasteiger partial charge in [-0.3, -0.25) is 14.8 Å². The van der Waals surface area contributed by atoms with Gasteiger partial charge in [0.15, 0.2) is 0 Å². The fourth-order valence-corrected chi connectivity index (χ4v) is 4.42. The number of aryl methyl sites for hydroxylation is 1. The van der Waals surface area contributed by atoms with Gasteiger partial charge in [-0.25, -0.2) is 0 Å². The number of halogens is 1. The Hall–Kier alpha value is -2.30. The number of sulfonamides is 1. The van der Waals surface area contributed by atoms with Crippen molar-refractivity contribution >= 4 is 54.0 Å². The van der Waals surface area contributed by atoms with E-state index in [1.54, 1.807) is 42.5 Å². The number of hydrogen-bond acceptors (Lipinski definition) is 6. The molecule has 0 aliphatic heterocycles. The lowest BCUT2D eigenvalue weighted by Crippen LogP contribution is -2.12. The van der Waals surface area contributed by atoms with Crippen LogP contribution < -0.4 is 10.0 Å². The standard InChI is InChI=1S/C16H13BrN4O3S2/c1-10-4-2-5-11(8-10)14(22)18-15-19-20-16(25-15)26(23,24)21-13-7-3-6-12(17)9-13/h2-9,21H,1H3,(H,18,19,22). The van der Waals surface area contributed by atoms with Crippen molar-refractivity contribution in [3.05, 3.63) is 64.1 Å². The van der Waals surface area contributed by atoms with Crippen LogP contribution in [0.1, 0.15) is 15.9 Å². The average molecular weight is 453 g/mol. The number of amides is 1. The normalized spacial score (nSPS) is 11.2. The smallest absolute Gasteiger partial charge is 0.291 e. The summed E-state index contributed by atoms with van der Waals surface area (Å²) in [4.78, 5) is 12.2. The number of nitrogens with zero attached hydrogens (tertiary/aromatic N) is 2. The molecule has 0 saturated heterocycles. The van der Waals surface area contributed by atoms with Crippen LogP contribution in [-0.2, 0) is 10.0 Å². The van der Waals surface area contributed by atoms with Gasteiger partial charge >= 0.3 is 0 Å². The highest BCUT2D eigenvalue weighted by Gasteiger charge is 2.21. The van der Waals surface area contributed by atoms with Gasteiger partial charge in [0.2, 0.25) is 5.13 Å². The van der Waals surface area contributed by atoms with Crippen LogP contribution in [0.2, 0.25) is 0 Å². The molecule has 3 aromatic rings. The summed E-state index contributed by atoms with van der Waals surface area (Å²) < 4.78 is 27.7. The lowest BCUT2D eigenvalue weighted by molar-refractivity contribution is 0.102. The molecule has 0 fully saturated rings. The molecule has 2 aromatic carbocycles. The third kappa shape index (κ3) is 4.45. The fourth-order valence-electron chi connectivity index (χ4n) is 2.08. The molecule has 0 atom stereocenters. The number of rotatable bonds is 5. The van der Waals surface area contributed by atoms with Gasteiger partial charge in [-0.05, 0) is 37.3 Å². The Bertz CT molecular complexity index is 1070. The molecule has 0 radical (unpaired) electrons. The van der Waals surface area contributed by atoms with Crippen LogP contribution in [-0.4, -0.2) is 24.5 Å². The maximum atomic E-state index is 12.4. The summed E-state index contributed by atoms with van der Waals surface area (Å²) in [5, 5.41) is 10.1. The largest absolute Gasteiger partial charge is 0.296 e. The highest BCUT2D eigenvalue weighted by Crippen LogP contribution is 2.24. The molecule has 3 rings (SSSR count). The summed E-state index contributed by atoms with van der Waals surface area (Å²) in [6, 6.07) is 13.8. The Balaban J connectivity index is 1.75. The van der Waals surface area contributed by atoms with E-state index in [-0.39, 0.29) is 15.4 Å². The summed E-state index contributed by atoms with van der Waals surface area (Å²) >= 11 is 4.05. The summed E-state index contributed by atoms with van der Waals surface area (Å²) in [7, 11) is -3.89. The molecule has 2 N–H and O–H groups in total. The number of carbonyl (C=O) groups is 1. The summed E-state index contributed by atoms with van der Waals surface area (Å²) in [6.45, 7) is 1.88. The first-order valence-electron chi connectivity index (χ1n) is 7.33.